The van der Waals surface area contributed by atoms with Crippen molar-refractivity contribution in [2.75, 3.05) is 11.1 Å². The minimum atomic E-state index is 0.456. The van der Waals surface area contributed by atoms with Gasteiger partial charge in [-0.15, -0.1) is 0 Å². The lowest BCUT2D eigenvalue weighted by atomic mass is 9.96. The predicted octanol–water partition coefficient (Wildman–Crippen LogP) is 5.25. The van der Waals surface area contributed by atoms with Crippen molar-refractivity contribution in [1.29, 1.82) is 0 Å². The predicted molar refractivity (Wildman–Crippen MR) is 108 cm³/mol. The van der Waals surface area contributed by atoms with Crippen LogP contribution in [0.5, 0.6) is 0 Å². The molecule has 1 aliphatic carbocycles. The van der Waals surface area contributed by atoms with E-state index < -0.39 is 0 Å². The average Bonchev–Trinajstić information content (AvgIpc) is 3.05. The van der Waals surface area contributed by atoms with Gasteiger partial charge in [-0.2, -0.15) is 0 Å². The lowest BCUT2D eigenvalue weighted by Crippen LogP contribution is -2.23. The van der Waals surface area contributed by atoms with E-state index in [1.807, 2.05) is 30.3 Å². The number of nitrogens with two attached hydrogens (primary N) is 1. The monoisotopic (exact) mass is 385 g/mol. The molecule has 0 atom stereocenters. The summed E-state index contributed by atoms with van der Waals surface area (Å²) in [5.41, 5.74) is 8.55. The molecule has 0 unspecified atom stereocenters. The average molecular weight is 386 g/mol. The number of hydrogen-bond acceptors (Lipinski definition) is 6. The van der Waals surface area contributed by atoms with Crippen molar-refractivity contribution in [2.45, 2.75) is 38.1 Å². The number of nitrogens with one attached hydrogen (secondary N) is 1. The lowest BCUT2D eigenvalue weighted by Gasteiger charge is -2.22. The topological polar surface area (TPSA) is 76.7 Å². The Morgan fingerprint density at radius 3 is 2.77 bits per heavy atom. The summed E-state index contributed by atoms with van der Waals surface area (Å²) < 4.78 is 0. The van der Waals surface area contributed by atoms with Gasteiger partial charge in [-0.1, -0.05) is 54.3 Å². The van der Waals surface area contributed by atoms with Gasteiger partial charge < -0.3 is 11.1 Å². The third kappa shape index (κ3) is 3.81. The molecule has 1 saturated carbocycles. The number of nitrogen functional groups attached to an aromatic ring is 1. The number of thiazole rings is 1. The molecular weight excluding hydrogens is 366 g/mol. The number of hydrogen-bond donors (Lipinski definition) is 2. The van der Waals surface area contributed by atoms with Gasteiger partial charge in [0.1, 0.15) is 0 Å². The van der Waals surface area contributed by atoms with E-state index in [2.05, 4.69) is 15.3 Å². The molecule has 2 aromatic heterocycles. The van der Waals surface area contributed by atoms with Crippen LogP contribution >= 0.6 is 22.9 Å². The van der Waals surface area contributed by atoms with E-state index >= 15 is 0 Å². The van der Waals surface area contributed by atoms with Gasteiger partial charge in [-0.3, -0.25) is 0 Å². The molecule has 2 heterocycles. The highest BCUT2D eigenvalue weighted by Crippen LogP contribution is 2.38. The summed E-state index contributed by atoms with van der Waals surface area (Å²) in [7, 11) is 0. The fraction of sp³-hybridized carbons (Fsp3) is 0.316. The van der Waals surface area contributed by atoms with Crippen LogP contribution in [0.4, 0.5) is 11.1 Å². The molecule has 0 amide bonds. The summed E-state index contributed by atoms with van der Waals surface area (Å²) in [5.74, 6) is 0.665. The molecule has 7 heteroatoms. The van der Waals surface area contributed by atoms with Gasteiger partial charge in [-0.05, 0) is 31.0 Å². The Labute approximate surface area is 161 Å². The van der Waals surface area contributed by atoms with Crippen molar-refractivity contribution >= 4 is 34.0 Å². The maximum atomic E-state index is 6.14. The lowest BCUT2D eigenvalue weighted by molar-refractivity contribution is 0.461. The van der Waals surface area contributed by atoms with Crippen LogP contribution in [0.15, 0.2) is 36.5 Å². The third-order valence-corrected chi connectivity index (χ3v) is 5.71. The number of aromatic nitrogens is 3. The fourth-order valence-corrected chi connectivity index (χ4v) is 4.34. The highest BCUT2D eigenvalue weighted by molar-refractivity contribution is 7.19. The Balaban J connectivity index is 1.66. The SMILES string of the molecule is Nc1nc(-c2cccc(Cl)c2)c(-c2ccnc(NC3CCCCC3)n2)s1. The van der Waals surface area contributed by atoms with Crippen LogP contribution in [-0.4, -0.2) is 21.0 Å². The van der Waals surface area contributed by atoms with Crippen LogP contribution in [0.25, 0.3) is 21.8 Å². The molecule has 1 aromatic carbocycles. The molecule has 4 rings (SSSR count). The smallest absolute Gasteiger partial charge is 0.223 e. The molecule has 0 bridgehead atoms. The molecule has 0 saturated heterocycles. The molecule has 3 N–H and O–H groups in total. The van der Waals surface area contributed by atoms with E-state index in [9.17, 15) is 0 Å². The third-order valence-electron chi connectivity index (χ3n) is 4.57. The summed E-state index contributed by atoms with van der Waals surface area (Å²) in [6, 6.07) is 9.98. The van der Waals surface area contributed by atoms with Crippen LogP contribution in [0.2, 0.25) is 5.02 Å². The van der Waals surface area contributed by atoms with Crippen molar-refractivity contribution < 1.29 is 0 Å². The molecule has 0 aliphatic heterocycles. The van der Waals surface area contributed by atoms with E-state index in [4.69, 9.17) is 22.3 Å². The number of benzene rings is 1. The van der Waals surface area contributed by atoms with E-state index in [0.29, 0.717) is 22.1 Å². The summed E-state index contributed by atoms with van der Waals surface area (Å²) in [4.78, 5) is 14.5. The van der Waals surface area contributed by atoms with Crippen LogP contribution in [-0.2, 0) is 0 Å². The summed E-state index contributed by atoms with van der Waals surface area (Å²) in [6.07, 6.45) is 7.99. The first-order valence-electron chi connectivity index (χ1n) is 8.81. The van der Waals surface area contributed by atoms with Gasteiger partial charge in [0.2, 0.25) is 5.95 Å². The highest BCUT2D eigenvalue weighted by atomic mass is 35.5. The second kappa shape index (κ2) is 7.60. The van der Waals surface area contributed by atoms with Crippen molar-refractivity contribution in [3.8, 4) is 21.8 Å². The second-order valence-electron chi connectivity index (χ2n) is 6.48. The van der Waals surface area contributed by atoms with Gasteiger partial charge >= 0.3 is 0 Å². The van der Waals surface area contributed by atoms with Crippen LogP contribution in [0, 0.1) is 0 Å². The van der Waals surface area contributed by atoms with Crippen molar-refractivity contribution in [3.05, 3.63) is 41.6 Å². The number of nitrogens with zero attached hydrogens (tertiary/aromatic N) is 3. The zero-order chi connectivity index (χ0) is 17.9. The van der Waals surface area contributed by atoms with Crippen molar-refractivity contribution in [3.63, 3.8) is 0 Å². The van der Waals surface area contributed by atoms with Crippen LogP contribution in [0.1, 0.15) is 32.1 Å². The molecular formula is C19H20ClN5S. The van der Waals surface area contributed by atoms with Gasteiger partial charge in [0.05, 0.1) is 16.3 Å². The number of rotatable bonds is 4. The number of halogens is 1. The molecule has 3 aromatic rings. The minimum Gasteiger partial charge on any atom is -0.375 e. The van der Waals surface area contributed by atoms with Gasteiger partial charge in [0, 0.05) is 22.8 Å². The summed E-state index contributed by atoms with van der Waals surface area (Å²) in [5, 5.41) is 4.65. The summed E-state index contributed by atoms with van der Waals surface area (Å²) >= 11 is 7.57. The zero-order valence-electron chi connectivity index (χ0n) is 14.3. The van der Waals surface area contributed by atoms with Crippen molar-refractivity contribution in [2.24, 2.45) is 0 Å². The Morgan fingerprint density at radius 2 is 1.96 bits per heavy atom. The highest BCUT2D eigenvalue weighted by Gasteiger charge is 2.18. The Hall–Kier alpha value is -2.18. The minimum absolute atomic E-state index is 0.456. The Morgan fingerprint density at radius 1 is 1.12 bits per heavy atom. The molecule has 1 aliphatic rings. The first-order chi connectivity index (χ1) is 12.7. The largest absolute Gasteiger partial charge is 0.375 e. The first-order valence-corrected chi connectivity index (χ1v) is 10.0. The quantitative estimate of drug-likeness (QED) is 0.641. The van der Waals surface area contributed by atoms with Crippen molar-refractivity contribution in [1.82, 2.24) is 15.0 Å². The first kappa shape index (κ1) is 17.2. The second-order valence-corrected chi connectivity index (χ2v) is 7.95. The zero-order valence-corrected chi connectivity index (χ0v) is 15.9. The Kier molecular flexibility index (Phi) is 5.04. The van der Waals surface area contributed by atoms with Crippen LogP contribution in [0.3, 0.4) is 0 Å². The summed E-state index contributed by atoms with van der Waals surface area (Å²) in [6.45, 7) is 0. The molecule has 26 heavy (non-hydrogen) atoms. The van der Waals surface area contributed by atoms with E-state index in [1.165, 1.54) is 43.4 Å². The maximum absolute atomic E-state index is 6.14. The van der Waals surface area contributed by atoms with E-state index in [1.54, 1.807) is 6.20 Å². The van der Waals surface area contributed by atoms with Crippen LogP contribution < -0.4 is 11.1 Å². The van der Waals surface area contributed by atoms with E-state index in [0.717, 1.165) is 21.8 Å². The van der Waals surface area contributed by atoms with E-state index in [-0.39, 0.29) is 0 Å². The standard InChI is InChI=1S/C19H20ClN5S/c20-13-6-4-5-12(11-13)16-17(26-18(21)25-16)15-9-10-22-19(24-15)23-14-7-2-1-3-8-14/h4-6,9-11,14H,1-3,7-8H2,(H2,21,25)(H,22,23,24). The molecule has 0 radical (unpaired) electrons. The van der Waals surface area contributed by atoms with Gasteiger partial charge in [0.15, 0.2) is 5.13 Å². The normalized spacial score (nSPS) is 15.1. The fourth-order valence-electron chi connectivity index (χ4n) is 3.33. The Bertz CT molecular complexity index is 904. The maximum Gasteiger partial charge on any atom is 0.223 e. The van der Waals surface area contributed by atoms with Gasteiger partial charge in [-0.25, -0.2) is 15.0 Å². The van der Waals surface area contributed by atoms with Gasteiger partial charge in [0.25, 0.3) is 0 Å². The molecule has 134 valence electrons. The molecule has 5 nitrogen and oxygen atoms in total. The molecule has 0 spiro atoms. The molecule has 1 fully saturated rings. The number of anilines is 2.